The number of amides is 3. The van der Waals surface area contributed by atoms with E-state index < -0.39 is 0 Å². The number of aryl methyl sites for hydroxylation is 2. The van der Waals surface area contributed by atoms with E-state index in [4.69, 9.17) is 0 Å². The van der Waals surface area contributed by atoms with Crippen molar-refractivity contribution >= 4 is 17.8 Å². The Morgan fingerprint density at radius 2 is 2.27 bits per heavy atom. The lowest BCUT2D eigenvalue weighted by Crippen LogP contribution is -2.31. The van der Waals surface area contributed by atoms with Crippen molar-refractivity contribution in [3.05, 3.63) is 23.4 Å². The summed E-state index contributed by atoms with van der Waals surface area (Å²) in [5, 5.41) is 5.61. The highest BCUT2D eigenvalue weighted by molar-refractivity contribution is 5.88. The molecule has 2 N–H and O–H groups in total. The van der Waals surface area contributed by atoms with Crippen LogP contribution in [-0.2, 0) is 17.6 Å². The van der Waals surface area contributed by atoms with E-state index in [1.807, 2.05) is 19.2 Å². The summed E-state index contributed by atoms with van der Waals surface area (Å²) < 4.78 is 0. The Morgan fingerprint density at radius 3 is 3.05 bits per heavy atom. The van der Waals surface area contributed by atoms with Crippen LogP contribution in [0.2, 0.25) is 0 Å². The van der Waals surface area contributed by atoms with Gasteiger partial charge in [-0.3, -0.25) is 10.1 Å². The smallest absolute Gasteiger partial charge is 0.320 e. The minimum atomic E-state index is -0.233. The Morgan fingerprint density at radius 1 is 1.41 bits per heavy atom. The van der Waals surface area contributed by atoms with Gasteiger partial charge in [-0.15, -0.1) is 0 Å². The van der Waals surface area contributed by atoms with Gasteiger partial charge in [-0.2, -0.15) is 0 Å². The number of pyridine rings is 1. The van der Waals surface area contributed by atoms with Crippen LogP contribution >= 0.6 is 0 Å². The third-order valence-electron chi connectivity index (χ3n) is 4.43. The number of likely N-dealkylation sites (tertiary alicyclic amines) is 1. The monoisotopic (exact) mass is 302 g/mol. The molecule has 118 valence electrons. The maximum Gasteiger partial charge on any atom is 0.320 e. The zero-order chi connectivity index (χ0) is 15.5. The van der Waals surface area contributed by atoms with E-state index in [2.05, 4.69) is 15.6 Å². The van der Waals surface area contributed by atoms with Gasteiger partial charge in [-0.05, 0) is 43.2 Å². The summed E-state index contributed by atoms with van der Waals surface area (Å²) in [5.41, 5.74) is 2.39. The molecule has 1 aliphatic carbocycles. The number of aromatic nitrogens is 1. The molecule has 22 heavy (non-hydrogen) atoms. The lowest BCUT2D eigenvalue weighted by molar-refractivity contribution is -0.126. The van der Waals surface area contributed by atoms with Crippen LogP contribution in [-0.4, -0.2) is 42.0 Å². The summed E-state index contributed by atoms with van der Waals surface area (Å²) in [6.45, 7) is 1.36. The molecule has 0 aromatic carbocycles. The molecule has 2 heterocycles. The summed E-state index contributed by atoms with van der Waals surface area (Å²) in [6.07, 6.45) is 4.64. The Balaban J connectivity index is 1.42. The van der Waals surface area contributed by atoms with Crippen LogP contribution in [0, 0.1) is 5.92 Å². The molecule has 1 aromatic rings. The molecule has 0 spiro atoms. The predicted molar refractivity (Wildman–Crippen MR) is 83.6 cm³/mol. The van der Waals surface area contributed by atoms with Crippen molar-refractivity contribution in [1.82, 2.24) is 15.2 Å². The second kappa shape index (κ2) is 6.34. The molecular formula is C16H22N4O2. The standard InChI is InChI=1S/C16H22N4O2/c1-20-10-11(9-15(20)21)7-8-17-16(22)19-14-6-5-12-3-2-4-13(12)18-14/h5-6,11H,2-4,7-10H2,1H3,(H2,17,18,19,22). The molecule has 0 radical (unpaired) electrons. The quantitative estimate of drug-likeness (QED) is 0.886. The van der Waals surface area contributed by atoms with E-state index in [1.165, 1.54) is 5.56 Å². The van der Waals surface area contributed by atoms with Crippen molar-refractivity contribution in [3.63, 3.8) is 0 Å². The van der Waals surface area contributed by atoms with Crippen LogP contribution in [0.5, 0.6) is 0 Å². The number of hydrogen-bond donors (Lipinski definition) is 2. The first-order valence-corrected chi connectivity index (χ1v) is 7.89. The second-order valence-corrected chi connectivity index (χ2v) is 6.17. The highest BCUT2D eigenvalue weighted by Gasteiger charge is 2.26. The number of hydrogen-bond acceptors (Lipinski definition) is 3. The van der Waals surface area contributed by atoms with Gasteiger partial charge < -0.3 is 10.2 Å². The van der Waals surface area contributed by atoms with Gasteiger partial charge in [0.2, 0.25) is 5.91 Å². The van der Waals surface area contributed by atoms with E-state index in [1.54, 1.807) is 4.90 Å². The van der Waals surface area contributed by atoms with Gasteiger partial charge in [-0.1, -0.05) is 6.07 Å². The molecule has 0 saturated carbocycles. The van der Waals surface area contributed by atoms with E-state index in [0.29, 0.717) is 24.7 Å². The number of carbonyl (C=O) groups excluding carboxylic acids is 2. The van der Waals surface area contributed by atoms with E-state index >= 15 is 0 Å². The first-order valence-electron chi connectivity index (χ1n) is 7.89. The van der Waals surface area contributed by atoms with Gasteiger partial charge in [0.1, 0.15) is 5.82 Å². The zero-order valence-electron chi connectivity index (χ0n) is 12.9. The normalized spacial score (nSPS) is 20.1. The van der Waals surface area contributed by atoms with Crippen LogP contribution in [0.25, 0.3) is 0 Å². The molecule has 1 saturated heterocycles. The van der Waals surface area contributed by atoms with Crippen LogP contribution in [0.15, 0.2) is 12.1 Å². The Kier molecular flexibility index (Phi) is 4.27. The maximum atomic E-state index is 11.9. The molecule has 1 atom stereocenters. The summed E-state index contributed by atoms with van der Waals surface area (Å²) in [6, 6.07) is 3.67. The fraction of sp³-hybridized carbons (Fsp3) is 0.562. The molecule has 2 aliphatic rings. The lowest BCUT2D eigenvalue weighted by atomic mass is 10.1. The van der Waals surface area contributed by atoms with Crippen molar-refractivity contribution in [2.75, 3.05) is 25.5 Å². The topological polar surface area (TPSA) is 74.3 Å². The molecule has 1 aromatic heterocycles. The minimum absolute atomic E-state index is 0.191. The van der Waals surface area contributed by atoms with Gasteiger partial charge in [0.05, 0.1) is 0 Å². The average Bonchev–Trinajstić information content (AvgIpc) is 3.05. The fourth-order valence-corrected chi connectivity index (χ4v) is 3.19. The number of nitrogens with zero attached hydrogens (tertiary/aromatic N) is 2. The number of anilines is 1. The molecule has 6 heteroatoms. The average molecular weight is 302 g/mol. The van der Waals surface area contributed by atoms with Gasteiger partial charge >= 0.3 is 6.03 Å². The van der Waals surface area contributed by atoms with Crippen molar-refractivity contribution in [1.29, 1.82) is 0 Å². The predicted octanol–water partition coefficient (Wildman–Crippen LogP) is 1.56. The van der Waals surface area contributed by atoms with Crippen LogP contribution in [0.4, 0.5) is 10.6 Å². The molecule has 1 fully saturated rings. The Bertz CT molecular complexity index is 588. The van der Waals surface area contributed by atoms with Crippen molar-refractivity contribution in [2.45, 2.75) is 32.1 Å². The van der Waals surface area contributed by atoms with Crippen LogP contribution in [0.3, 0.4) is 0 Å². The summed E-state index contributed by atoms with van der Waals surface area (Å²) in [7, 11) is 1.82. The molecule has 0 bridgehead atoms. The number of fused-ring (bicyclic) bond motifs is 1. The van der Waals surface area contributed by atoms with E-state index in [9.17, 15) is 9.59 Å². The summed E-state index contributed by atoms with van der Waals surface area (Å²) >= 11 is 0. The second-order valence-electron chi connectivity index (χ2n) is 6.17. The SMILES string of the molecule is CN1CC(CCNC(=O)Nc2ccc3c(n2)CCC3)CC1=O. The first-order chi connectivity index (χ1) is 10.6. The van der Waals surface area contributed by atoms with Crippen molar-refractivity contribution in [2.24, 2.45) is 5.92 Å². The third-order valence-corrected chi connectivity index (χ3v) is 4.43. The lowest BCUT2D eigenvalue weighted by Gasteiger charge is -2.11. The maximum absolute atomic E-state index is 11.9. The molecule has 3 rings (SSSR count). The molecular weight excluding hydrogens is 280 g/mol. The summed E-state index contributed by atoms with van der Waals surface area (Å²) in [4.78, 5) is 29.5. The number of nitrogens with one attached hydrogen (secondary N) is 2. The fourth-order valence-electron chi connectivity index (χ4n) is 3.19. The largest absolute Gasteiger partial charge is 0.345 e. The molecule has 3 amide bonds. The molecule has 1 aliphatic heterocycles. The third kappa shape index (κ3) is 3.37. The Labute approximate surface area is 130 Å². The number of rotatable bonds is 4. The minimum Gasteiger partial charge on any atom is -0.345 e. The molecule has 1 unspecified atom stereocenters. The van der Waals surface area contributed by atoms with Gasteiger partial charge in [-0.25, -0.2) is 9.78 Å². The van der Waals surface area contributed by atoms with Crippen molar-refractivity contribution in [3.8, 4) is 0 Å². The highest BCUT2D eigenvalue weighted by Crippen LogP contribution is 2.21. The van der Waals surface area contributed by atoms with Gasteiger partial charge in [0, 0.05) is 32.3 Å². The van der Waals surface area contributed by atoms with E-state index in [0.717, 1.165) is 37.9 Å². The zero-order valence-corrected chi connectivity index (χ0v) is 12.9. The summed E-state index contributed by atoms with van der Waals surface area (Å²) in [5.74, 6) is 1.14. The van der Waals surface area contributed by atoms with Gasteiger partial charge in [0.25, 0.3) is 0 Å². The number of carbonyl (C=O) groups is 2. The van der Waals surface area contributed by atoms with E-state index in [-0.39, 0.29) is 11.9 Å². The first kappa shape index (κ1) is 14.8. The molecule has 6 nitrogen and oxygen atoms in total. The van der Waals surface area contributed by atoms with Crippen LogP contribution in [0.1, 0.15) is 30.5 Å². The van der Waals surface area contributed by atoms with Gasteiger partial charge in [0.15, 0.2) is 0 Å². The Hall–Kier alpha value is -2.11. The van der Waals surface area contributed by atoms with Crippen molar-refractivity contribution < 1.29 is 9.59 Å². The van der Waals surface area contributed by atoms with Crippen LogP contribution < -0.4 is 10.6 Å². The number of urea groups is 1. The highest BCUT2D eigenvalue weighted by atomic mass is 16.2.